The number of hydrogen-bond donors (Lipinski definition) is 5. The molecule has 0 aliphatic heterocycles. The van der Waals surface area contributed by atoms with Crippen molar-refractivity contribution in [3.05, 3.63) is 128 Å². The van der Waals surface area contributed by atoms with Gasteiger partial charge in [-0.1, -0.05) is 80.4 Å². The van der Waals surface area contributed by atoms with Crippen LogP contribution in [-0.2, 0) is 27.2 Å². The number of primary amides is 1. The Labute approximate surface area is 389 Å². The molecule has 338 valence electrons. The number of hydrogen-bond acceptors (Lipinski definition) is 7. The molecule has 0 fully saturated rings. The molecule has 0 aromatic heterocycles. The lowest BCUT2D eigenvalue weighted by Gasteiger charge is -2.36. The van der Waals surface area contributed by atoms with Gasteiger partial charge in [-0.15, -0.1) is 0 Å². The van der Waals surface area contributed by atoms with Crippen molar-refractivity contribution in [2.24, 2.45) is 5.73 Å². The van der Waals surface area contributed by atoms with Gasteiger partial charge >= 0.3 is 18.0 Å². The van der Waals surface area contributed by atoms with E-state index in [1.807, 2.05) is 48.5 Å². The van der Waals surface area contributed by atoms with E-state index in [4.69, 9.17) is 10.5 Å². The molecule has 4 aromatic rings. The average molecular weight is 990 g/mol. The van der Waals surface area contributed by atoms with Crippen molar-refractivity contribution in [2.75, 3.05) is 57.0 Å². The highest BCUT2D eigenvalue weighted by molar-refractivity contribution is 9.10. The van der Waals surface area contributed by atoms with E-state index < -0.39 is 0 Å². The number of halogens is 2. The Kier molecular flexibility index (Phi) is 20.9. The Morgan fingerprint density at radius 2 is 1.02 bits per heavy atom. The molecule has 6 N–H and O–H groups in total. The Hall–Kier alpha value is -4.76. The summed E-state index contributed by atoms with van der Waals surface area (Å²) in [6.07, 6.45) is 10.8. The van der Waals surface area contributed by atoms with E-state index in [0.717, 1.165) is 97.9 Å². The van der Waals surface area contributed by atoms with Gasteiger partial charge in [-0.05, 0) is 148 Å². The maximum absolute atomic E-state index is 12.2. The highest BCUT2D eigenvalue weighted by Crippen LogP contribution is 2.36. The minimum atomic E-state index is -0.254. The zero-order valence-electron chi connectivity index (χ0n) is 36.4. The van der Waals surface area contributed by atoms with E-state index in [1.165, 1.54) is 42.2 Å². The molecule has 2 atom stereocenters. The Morgan fingerprint density at radius 1 is 0.603 bits per heavy atom. The Balaban J connectivity index is 0.000000238. The van der Waals surface area contributed by atoms with E-state index in [2.05, 4.69) is 111 Å². The van der Waals surface area contributed by atoms with E-state index in [0.29, 0.717) is 38.0 Å². The van der Waals surface area contributed by atoms with E-state index >= 15 is 0 Å². The molecule has 2 aliphatic rings. The van der Waals surface area contributed by atoms with Crippen LogP contribution in [-0.4, -0.2) is 80.1 Å². The number of nitrogens with one attached hydrogen (secondary N) is 4. The van der Waals surface area contributed by atoms with Gasteiger partial charge in [0.2, 0.25) is 5.91 Å². The van der Waals surface area contributed by atoms with Gasteiger partial charge in [0.25, 0.3) is 0 Å². The molecule has 0 saturated carbocycles. The summed E-state index contributed by atoms with van der Waals surface area (Å²) in [6, 6.07) is 32.6. The molecule has 2 aliphatic carbocycles. The SMILES string of the molecule is COC(=O)CCCN(CCCNC(=O)Nc1ccc(Br)cc1)C1CCCc2ccccc21.NC(=O)CCCN(CCCNC(=O)Nc1ccc(Br)cc1)C1CCCc2ccccc21. The normalized spacial score (nSPS) is 15.3. The van der Waals surface area contributed by atoms with Crippen molar-refractivity contribution in [2.45, 2.75) is 89.1 Å². The molecule has 0 heterocycles. The largest absolute Gasteiger partial charge is 0.469 e. The van der Waals surface area contributed by atoms with Crippen molar-refractivity contribution < 1.29 is 23.9 Å². The number of nitrogens with zero attached hydrogens (tertiary/aromatic N) is 2. The molecule has 6 rings (SSSR count). The molecule has 0 radical (unpaired) electrons. The molecular weight excluding hydrogens is 926 g/mol. The maximum Gasteiger partial charge on any atom is 0.319 e. The van der Waals surface area contributed by atoms with E-state index in [9.17, 15) is 19.2 Å². The molecule has 0 spiro atoms. The third-order valence-electron chi connectivity index (χ3n) is 11.5. The number of fused-ring (bicyclic) bond motifs is 2. The number of aryl methyl sites for hydroxylation is 2. The molecule has 63 heavy (non-hydrogen) atoms. The molecule has 4 aromatic carbocycles. The molecule has 0 saturated heterocycles. The monoisotopic (exact) mass is 987 g/mol. The number of carbonyl (C=O) groups is 4. The van der Waals surface area contributed by atoms with Crippen LogP contribution >= 0.6 is 31.9 Å². The van der Waals surface area contributed by atoms with Gasteiger partial charge in [0.1, 0.15) is 0 Å². The van der Waals surface area contributed by atoms with Gasteiger partial charge in [-0.25, -0.2) is 9.59 Å². The highest BCUT2D eigenvalue weighted by Gasteiger charge is 2.27. The first-order chi connectivity index (χ1) is 30.6. The summed E-state index contributed by atoms with van der Waals surface area (Å²) in [5, 5.41) is 11.6. The topological polar surface area (TPSA) is 158 Å². The van der Waals surface area contributed by atoms with Crippen molar-refractivity contribution in [1.29, 1.82) is 0 Å². The third kappa shape index (κ3) is 17.0. The molecular formula is C49H63Br2N7O5. The van der Waals surface area contributed by atoms with E-state index in [1.54, 1.807) is 0 Å². The summed E-state index contributed by atoms with van der Waals surface area (Å²) in [5.74, 6) is -0.421. The average Bonchev–Trinajstić information content (AvgIpc) is 3.29. The van der Waals surface area contributed by atoms with E-state index in [-0.39, 0.29) is 23.9 Å². The summed E-state index contributed by atoms with van der Waals surface area (Å²) in [4.78, 5) is 52.0. The van der Waals surface area contributed by atoms with Crippen LogP contribution in [0.15, 0.2) is 106 Å². The van der Waals surface area contributed by atoms with Crippen LogP contribution in [0.4, 0.5) is 21.0 Å². The second kappa shape index (κ2) is 26.8. The van der Waals surface area contributed by atoms with Crippen molar-refractivity contribution in [1.82, 2.24) is 20.4 Å². The van der Waals surface area contributed by atoms with Crippen LogP contribution in [0, 0.1) is 0 Å². The zero-order chi connectivity index (χ0) is 44.8. The fourth-order valence-electron chi connectivity index (χ4n) is 8.43. The van der Waals surface area contributed by atoms with Crippen molar-refractivity contribution in [3.8, 4) is 0 Å². The quantitative estimate of drug-likeness (QED) is 0.0436. The maximum atomic E-state index is 12.2. The van der Waals surface area contributed by atoms with Crippen LogP contribution in [0.3, 0.4) is 0 Å². The van der Waals surface area contributed by atoms with Crippen LogP contribution < -0.4 is 27.0 Å². The predicted octanol–water partition coefficient (Wildman–Crippen LogP) is 9.90. The lowest BCUT2D eigenvalue weighted by molar-refractivity contribution is -0.140. The van der Waals surface area contributed by atoms with Crippen LogP contribution in [0.5, 0.6) is 0 Å². The third-order valence-corrected chi connectivity index (χ3v) is 12.6. The molecule has 0 bridgehead atoms. The smallest absolute Gasteiger partial charge is 0.319 e. The van der Waals surface area contributed by atoms with Crippen LogP contribution in [0.2, 0.25) is 0 Å². The van der Waals surface area contributed by atoms with Gasteiger partial charge in [-0.2, -0.15) is 0 Å². The molecule has 5 amide bonds. The number of nitrogens with two attached hydrogens (primary N) is 1. The van der Waals surface area contributed by atoms with Gasteiger partial charge < -0.3 is 31.7 Å². The minimum absolute atomic E-state index is 0.166. The fraction of sp³-hybridized carbons (Fsp3) is 0.429. The Morgan fingerprint density at radius 3 is 1.44 bits per heavy atom. The zero-order valence-corrected chi connectivity index (χ0v) is 39.6. The van der Waals surface area contributed by atoms with Gasteiger partial charge in [-0.3, -0.25) is 19.4 Å². The number of urea groups is 2. The number of carbonyl (C=O) groups excluding carboxylic acids is 4. The number of amides is 5. The first-order valence-electron chi connectivity index (χ1n) is 22.2. The summed E-state index contributed by atoms with van der Waals surface area (Å²) in [5.41, 5.74) is 12.5. The van der Waals surface area contributed by atoms with Gasteiger partial charge in [0.05, 0.1) is 7.11 Å². The second-order valence-corrected chi connectivity index (χ2v) is 17.8. The molecule has 12 nitrogen and oxygen atoms in total. The summed E-state index contributed by atoms with van der Waals surface area (Å²) >= 11 is 6.78. The predicted molar refractivity (Wildman–Crippen MR) is 259 cm³/mol. The Bertz CT molecular complexity index is 2050. The summed E-state index contributed by atoms with van der Waals surface area (Å²) in [6.45, 7) is 4.55. The van der Waals surface area contributed by atoms with Crippen molar-refractivity contribution in [3.63, 3.8) is 0 Å². The first-order valence-corrected chi connectivity index (χ1v) is 23.8. The van der Waals surface area contributed by atoms with Crippen LogP contribution in [0.1, 0.15) is 98.5 Å². The van der Waals surface area contributed by atoms with Crippen molar-refractivity contribution >= 4 is 67.2 Å². The lowest BCUT2D eigenvalue weighted by atomic mass is 9.86. The molecule has 2 unspecified atom stereocenters. The van der Waals surface area contributed by atoms with Crippen LogP contribution in [0.25, 0.3) is 0 Å². The first kappa shape index (κ1) is 49.3. The molecule has 14 heteroatoms. The number of ether oxygens (including phenoxy) is 1. The second-order valence-electron chi connectivity index (χ2n) is 16.0. The highest BCUT2D eigenvalue weighted by atomic mass is 79.9. The van der Waals surface area contributed by atoms with Gasteiger partial charge in [0.15, 0.2) is 0 Å². The van der Waals surface area contributed by atoms with Gasteiger partial charge in [0, 0.05) is 71.4 Å². The lowest BCUT2D eigenvalue weighted by Crippen LogP contribution is -2.36. The fourth-order valence-corrected chi connectivity index (χ4v) is 8.96. The number of benzene rings is 4. The minimum Gasteiger partial charge on any atom is -0.469 e. The summed E-state index contributed by atoms with van der Waals surface area (Å²) < 4.78 is 6.74. The number of esters is 1. The standard InChI is InChI=1S/C25H32BrN3O3.C24H31BrN4O2/c1-32-24(30)11-5-17-29(23-10-4-8-19-7-2-3-9-22(19)23)18-6-16-27-25(31)28-21-14-12-20(26)13-15-21;25-19-11-13-20(14-12-19)28-24(31)27-15-5-17-29(16-4-10-23(26)30)22-9-3-7-18-6-1-2-8-21(18)22/h2-3,7,9,12-15,23H,4-6,8,10-11,16-18H2,1H3,(H2,27,28,31);1-2,6,8,11-14,22H,3-5,7,9-10,15-17H2,(H2,26,30)(H2,27,28,31). The summed E-state index contributed by atoms with van der Waals surface area (Å²) in [7, 11) is 1.43. The number of rotatable bonds is 20. The number of anilines is 2. The number of methoxy groups -OCH3 is 1.